The predicted octanol–water partition coefficient (Wildman–Crippen LogP) is 3.46. The lowest BCUT2D eigenvalue weighted by Gasteiger charge is -2.38. The monoisotopic (exact) mass is 244 g/mol. The van der Waals surface area contributed by atoms with Crippen molar-refractivity contribution in [2.24, 2.45) is 5.73 Å². The maximum absolute atomic E-state index is 6.35. The third-order valence-corrected chi connectivity index (χ3v) is 3.85. The van der Waals surface area contributed by atoms with Gasteiger partial charge in [-0.05, 0) is 37.0 Å². The second kappa shape index (κ2) is 3.58. The molecule has 96 valence electrons. The van der Waals surface area contributed by atoms with E-state index in [1.165, 1.54) is 12.0 Å². The fourth-order valence-electron chi connectivity index (χ4n) is 2.40. The molecule has 2 aromatic rings. The molecule has 0 saturated heterocycles. The van der Waals surface area contributed by atoms with Gasteiger partial charge in [0.05, 0.1) is 0 Å². The highest BCUT2D eigenvalue weighted by Crippen LogP contribution is 2.39. The summed E-state index contributed by atoms with van der Waals surface area (Å²) in [5.41, 5.74) is 9.13. The zero-order valence-electron chi connectivity index (χ0n) is 11.3. The molecule has 0 radical (unpaired) electrons. The summed E-state index contributed by atoms with van der Waals surface area (Å²) in [6.07, 6.45) is 3.37. The van der Waals surface area contributed by atoms with E-state index in [4.69, 9.17) is 10.2 Å². The summed E-state index contributed by atoms with van der Waals surface area (Å²) >= 11 is 0. The van der Waals surface area contributed by atoms with E-state index < -0.39 is 0 Å². The van der Waals surface area contributed by atoms with Gasteiger partial charge >= 0.3 is 0 Å². The number of nitrogens with two attached hydrogens (primary N) is 1. The van der Waals surface area contributed by atoms with Gasteiger partial charge in [0.1, 0.15) is 5.52 Å². The second-order valence-electron chi connectivity index (χ2n) is 6.46. The molecule has 1 aliphatic carbocycles. The van der Waals surface area contributed by atoms with Crippen molar-refractivity contribution in [3.63, 3.8) is 0 Å². The zero-order chi connectivity index (χ0) is 13.0. The molecule has 0 amide bonds. The third-order valence-electron chi connectivity index (χ3n) is 3.85. The van der Waals surface area contributed by atoms with Crippen molar-refractivity contribution in [1.29, 1.82) is 0 Å². The van der Waals surface area contributed by atoms with E-state index in [1.54, 1.807) is 0 Å². The maximum Gasteiger partial charge on any atom is 0.200 e. The van der Waals surface area contributed by atoms with Gasteiger partial charge in [0.15, 0.2) is 5.58 Å². The molecule has 1 aromatic heterocycles. The number of aromatic nitrogens is 1. The van der Waals surface area contributed by atoms with Crippen LogP contribution in [-0.4, -0.2) is 4.98 Å². The lowest BCUT2D eigenvalue weighted by atomic mass is 9.73. The van der Waals surface area contributed by atoms with Gasteiger partial charge in [0, 0.05) is 11.0 Å². The molecule has 3 nitrogen and oxygen atoms in total. The summed E-state index contributed by atoms with van der Waals surface area (Å²) in [7, 11) is 0. The van der Waals surface area contributed by atoms with Gasteiger partial charge in [-0.15, -0.1) is 0 Å². The van der Waals surface area contributed by atoms with Crippen molar-refractivity contribution in [2.75, 3.05) is 0 Å². The number of hydrogen-bond acceptors (Lipinski definition) is 3. The molecule has 0 atom stereocenters. The minimum Gasteiger partial charge on any atom is -0.440 e. The highest BCUT2D eigenvalue weighted by Gasteiger charge is 2.34. The lowest BCUT2D eigenvalue weighted by molar-refractivity contribution is 0.254. The van der Waals surface area contributed by atoms with Crippen LogP contribution in [0.15, 0.2) is 22.6 Å². The van der Waals surface area contributed by atoms with Crippen molar-refractivity contribution in [3.8, 4) is 0 Å². The van der Waals surface area contributed by atoms with E-state index in [0.717, 1.165) is 29.8 Å². The van der Waals surface area contributed by atoms with Crippen molar-refractivity contribution < 1.29 is 4.42 Å². The molecule has 1 fully saturated rings. The molecule has 3 rings (SSSR count). The van der Waals surface area contributed by atoms with Crippen LogP contribution in [0.1, 0.15) is 51.5 Å². The molecule has 1 saturated carbocycles. The molecular formula is C15H20N2O. The molecule has 0 spiro atoms. The molecule has 18 heavy (non-hydrogen) atoms. The van der Waals surface area contributed by atoms with Crippen LogP contribution in [0.25, 0.3) is 11.1 Å². The molecular weight excluding hydrogens is 224 g/mol. The molecule has 0 aliphatic heterocycles. The van der Waals surface area contributed by atoms with E-state index in [1.807, 2.05) is 6.07 Å². The van der Waals surface area contributed by atoms with Crippen LogP contribution >= 0.6 is 0 Å². The predicted molar refractivity (Wildman–Crippen MR) is 72.4 cm³/mol. The Morgan fingerprint density at radius 3 is 2.56 bits per heavy atom. The maximum atomic E-state index is 6.35. The highest BCUT2D eigenvalue weighted by molar-refractivity contribution is 5.74. The largest absolute Gasteiger partial charge is 0.440 e. The topological polar surface area (TPSA) is 52.0 Å². The molecule has 2 N–H and O–H groups in total. The quantitative estimate of drug-likeness (QED) is 0.835. The third kappa shape index (κ3) is 1.74. The average Bonchev–Trinajstić information content (AvgIpc) is 2.68. The minimum atomic E-state index is -0.130. The summed E-state index contributed by atoms with van der Waals surface area (Å²) < 4.78 is 5.80. The molecule has 3 heteroatoms. The van der Waals surface area contributed by atoms with Crippen molar-refractivity contribution >= 4 is 11.1 Å². The first kappa shape index (κ1) is 11.7. The van der Waals surface area contributed by atoms with Crippen LogP contribution in [0.2, 0.25) is 0 Å². The number of hydrogen-bond donors (Lipinski definition) is 1. The number of rotatable bonds is 1. The van der Waals surface area contributed by atoms with Gasteiger partial charge < -0.3 is 10.2 Å². The Labute approximate surface area is 107 Å². The Balaban J connectivity index is 2.07. The Kier molecular flexibility index (Phi) is 2.33. The van der Waals surface area contributed by atoms with Crippen LogP contribution in [-0.2, 0) is 11.0 Å². The molecule has 0 bridgehead atoms. The Morgan fingerprint density at radius 2 is 2.00 bits per heavy atom. The molecule has 0 unspecified atom stereocenters. The van der Waals surface area contributed by atoms with Crippen LogP contribution in [0.4, 0.5) is 0 Å². The summed E-state index contributed by atoms with van der Waals surface area (Å²) in [6, 6.07) is 6.17. The number of fused-ring (bicyclic) bond motifs is 1. The van der Waals surface area contributed by atoms with Gasteiger partial charge in [0.25, 0.3) is 0 Å². The van der Waals surface area contributed by atoms with Crippen LogP contribution < -0.4 is 5.73 Å². The van der Waals surface area contributed by atoms with Crippen LogP contribution in [0, 0.1) is 0 Å². The van der Waals surface area contributed by atoms with Gasteiger partial charge in [-0.25, -0.2) is 4.98 Å². The van der Waals surface area contributed by atoms with Gasteiger partial charge in [0.2, 0.25) is 5.89 Å². The minimum absolute atomic E-state index is 0.0595. The van der Waals surface area contributed by atoms with Crippen LogP contribution in [0.5, 0.6) is 0 Å². The summed E-state index contributed by atoms with van der Waals surface area (Å²) in [5, 5.41) is 0. The average molecular weight is 244 g/mol. The summed E-state index contributed by atoms with van der Waals surface area (Å²) in [5.74, 6) is 0.786. The molecule has 1 aliphatic rings. The van der Waals surface area contributed by atoms with Crippen molar-refractivity contribution in [1.82, 2.24) is 4.98 Å². The zero-order valence-corrected chi connectivity index (χ0v) is 11.3. The Hall–Kier alpha value is -1.35. The van der Waals surface area contributed by atoms with E-state index in [2.05, 4.69) is 37.9 Å². The Morgan fingerprint density at radius 1 is 1.28 bits per heavy atom. The first-order valence-corrected chi connectivity index (χ1v) is 6.59. The normalized spacial score (nSPS) is 18.9. The fraction of sp³-hybridized carbons (Fsp3) is 0.533. The number of nitrogens with zero attached hydrogens (tertiary/aromatic N) is 1. The van der Waals surface area contributed by atoms with Gasteiger partial charge in [-0.2, -0.15) is 0 Å². The summed E-state index contributed by atoms with van der Waals surface area (Å²) in [4.78, 5) is 4.59. The number of oxazole rings is 1. The highest BCUT2D eigenvalue weighted by atomic mass is 16.3. The molecule has 1 heterocycles. The lowest BCUT2D eigenvalue weighted by Crippen LogP contribution is -2.43. The number of benzene rings is 1. The van der Waals surface area contributed by atoms with E-state index in [-0.39, 0.29) is 11.0 Å². The molecule has 1 aromatic carbocycles. The first-order valence-electron chi connectivity index (χ1n) is 6.59. The van der Waals surface area contributed by atoms with E-state index in [0.29, 0.717) is 0 Å². The van der Waals surface area contributed by atoms with E-state index >= 15 is 0 Å². The van der Waals surface area contributed by atoms with Crippen molar-refractivity contribution in [3.05, 3.63) is 29.7 Å². The smallest absolute Gasteiger partial charge is 0.200 e. The fourth-order valence-corrected chi connectivity index (χ4v) is 2.40. The van der Waals surface area contributed by atoms with Crippen molar-refractivity contribution in [2.45, 2.75) is 51.0 Å². The SMILES string of the molecule is CC(C)(C)c1nc2cc(C3(N)CCC3)ccc2o1. The Bertz CT molecular complexity index is 588. The first-order chi connectivity index (χ1) is 8.38. The second-order valence-corrected chi connectivity index (χ2v) is 6.46. The van der Waals surface area contributed by atoms with E-state index in [9.17, 15) is 0 Å². The van der Waals surface area contributed by atoms with Gasteiger partial charge in [-0.3, -0.25) is 0 Å². The standard InChI is InChI=1S/C15H20N2O/c1-14(2,3)13-17-11-9-10(5-6-12(11)18-13)15(16)7-4-8-15/h5-6,9H,4,7-8,16H2,1-3H3. The summed E-state index contributed by atoms with van der Waals surface area (Å²) in [6.45, 7) is 6.32. The van der Waals surface area contributed by atoms with Crippen LogP contribution in [0.3, 0.4) is 0 Å². The van der Waals surface area contributed by atoms with Gasteiger partial charge in [-0.1, -0.05) is 26.8 Å².